The molecule has 0 aromatic carbocycles. The fourth-order valence-corrected chi connectivity index (χ4v) is 3.90. The molecule has 2 saturated heterocycles. The highest BCUT2D eigenvalue weighted by atomic mass is 15.2. The van der Waals surface area contributed by atoms with Crippen LogP contribution in [0.4, 0.5) is 0 Å². The Kier molecular flexibility index (Phi) is 5.27. The normalized spacial score (nSPS) is 30.2. The molecule has 0 aromatic heterocycles. The molecule has 0 saturated carbocycles. The lowest BCUT2D eigenvalue weighted by Gasteiger charge is -2.41. The van der Waals surface area contributed by atoms with Crippen molar-refractivity contribution in [3.8, 4) is 0 Å². The summed E-state index contributed by atoms with van der Waals surface area (Å²) in [5.74, 6) is 0.849. The first-order valence-corrected chi connectivity index (χ1v) is 8.08. The average Bonchev–Trinajstić information content (AvgIpc) is 2.76. The summed E-state index contributed by atoms with van der Waals surface area (Å²) in [7, 11) is 4.40. The highest BCUT2D eigenvalue weighted by Gasteiger charge is 2.35. The van der Waals surface area contributed by atoms with Gasteiger partial charge in [-0.1, -0.05) is 13.8 Å². The maximum Gasteiger partial charge on any atom is 0.0223 e. The van der Waals surface area contributed by atoms with Crippen LogP contribution in [0, 0.1) is 11.3 Å². The van der Waals surface area contributed by atoms with E-state index in [1.807, 2.05) is 0 Å². The predicted octanol–water partition coefficient (Wildman–Crippen LogP) is 2.04. The maximum absolute atomic E-state index is 3.58. The molecule has 2 aliphatic rings. The van der Waals surface area contributed by atoms with Crippen LogP contribution in [0.2, 0.25) is 0 Å². The topological polar surface area (TPSA) is 18.5 Å². The smallest absolute Gasteiger partial charge is 0.0223 e. The lowest BCUT2D eigenvalue weighted by Crippen LogP contribution is -2.47. The third-order valence-corrected chi connectivity index (χ3v) is 5.09. The number of nitrogens with zero attached hydrogens (tertiary/aromatic N) is 2. The van der Waals surface area contributed by atoms with Crippen LogP contribution in [-0.4, -0.2) is 62.7 Å². The summed E-state index contributed by atoms with van der Waals surface area (Å²) in [4.78, 5) is 5.10. The molecule has 3 nitrogen and oxygen atoms in total. The van der Waals surface area contributed by atoms with E-state index < -0.39 is 0 Å². The fraction of sp³-hybridized carbons (Fsp3) is 1.00. The SMILES string of the molecule is CN(C)CC1CCCN1CC(C)(C)C1CCCNC1. The van der Waals surface area contributed by atoms with E-state index in [-0.39, 0.29) is 0 Å². The van der Waals surface area contributed by atoms with Gasteiger partial charge in [-0.2, -0.15) is 0 Å². The Hall–Kier alpha value is -0.120. The van der Waals surface area contributed by atoms with Gasteiger partial charge in [0, 0.05) is 19.1 Å². The van der Waals surface area contributed by atoms with Crippen LogP contribution in [0.5, 0.6) is 0 Å². The molecule has 2 aliphatic heterocycles. The lowest BCUT2D eigenvalue weighted by molar-refractivity contribution is 0.0857. The lowest BCUT2D eigenvalue weighted by atomic mass is 9.74. The molecule has 0 bridgehead atoms. The fourth-order valence-electron chi connectivity index (χ4n) is 3.90. The van der Waals surface area contributed by atoms with Gasteiger partial charge in [0.25, 0.3) is 0 Å². The Labute approximate surface area is 119 Å². The van der Waals surface area contributed by atoms with Crippen molar-refractivity contribution in [3.05, 3.63) is 0 Å². The van der Waals surface area contributed by atoms with Gasteiger partial charge < -0.3 is 10.2 Å². The second-order valence-corrected chi connectivity index (χ2v) is 7.56. The van der Waals surface area contributed by atoms with E-state index in [1.165, 1.54) is 58.4 Å². The zero-order valence-corrected chi connectivity index (χ0v) is 13.4. The third kappa shape index (κ3) is 4.17. The number of likely N-dealkylation sites (tertiary alicyclic amines) is 1. The van der Waals surface area contributed by atoms with E-state index in [2.05, 4.69) is 43.1 Å². The molecule has 0 aromatic rings. The first kappa shape index (κ1) is 15.3. The van der Waals surface area contributed by atoms with Crippen molar-refractivity contribution < 1.29 is 0 Å². The number of nitrogens with one attached hydrogen (secondary N) is 1. The van der Waals surface area contributed by atoms with E-state index in [9.17, 15) is 0 Å². The molecule has 2 atom stereocenters. The molecule has 0 aliphatic carbocycles. The van der Waals surface area contributed by atoms with Gasteiger partial charge in [0.2, 0.25) is 0 Å². The first-order valence-electron chi connectivity index (χ1n) is 8.08. The third-order valence-electron chi connectivity index (χ3n) is 5.09. The van der Waals surface area contributed by atoms with Crippen LogP contribution in [0.25, 0.3) is 0 Å². The Bertz CT molecular complexity index is 269. The Morgan fingerprint density at radius 3 is 2.63 bits per heavy atom. The van der Waals surface area contributed by atoms with E-state index in [0.717, 1.165) is 12.0 Å². The number of piperidine rings is 1. The number of rotatable bonds is 5. The molecular weight excluding hydrogens is 234 g/mol. The minimum absolute atomic E-state index is 0.447. The number of hydrogen-bond acceptors (Lipinski definition) is 3. The second kappa shape index (κ2) is 6.55. The monoisotopic (exact) mass is 267 g/mol. The number of hydrogen-bond donors (Lipinski definition) is 1. The molecular formula is C16H33N3. The predicted molar refractivity (Wildman–Crippen MR) is 82.5 cm³/mol. The minimum Gasteiger partial charge on any atom is -0.316 e. The largest absolute Gasteiger partial charge is 0.316 e. The second-order valence-electron chi connectivity index (χ2n) is 7.56. The van der Waals surface area contributed by atoms with E-state index >= 15 is 0 Å². The van der Waals surface area contributed by atoms with Gasteiger partial charge in [0.05, 0.1) is 0 Å². The van der Waals surface area contributed by atoms with Crippen LogP contribution in [0.1, 0.15) is 39.5 Å². The number of likely N-dealkylation sites (N-methyl/N-ethyl adjacent to an activating group) is 1. The molecule has 2 rings (SSSR count). The molecule has 1 N–H and O–H groups in total. The summed E-state index contributed by atoms with van der Waals surface area (Å²) in [6.45, 7) is 11.2. The van der Waals surface area contributed by atoms with Crippen molar-refractivity contribution in [2.75, 3.05) is 46.8 Å². The quantitative estimate of drug-likeness (QED) is 0.822. The van der Waals surface area contributed by atoms with Gasteiger partial charge in [-0.25, -0.2) is 0 Å². The Morgan fingerprint density at radius 2 is 2.00 bits per heavy atom. The van der Waals surface area contributed by atoms with Crippen molar-refractivity contribution in [3.63, 3.8) is 0 Å². The summed E-state index contributed by atoms with van der Waals surface area (Å²) >= 11 is 0. The van der Waals surface area contributed by atoms with Crippen LogP contribution < -0.4 is 5.32 Å². The maximum atomic E-state index is 3.58. The van der Waals surface area contributed by atoms with Crippen molar-refractivity contribution >= 4 is 0 Å². The zero-order chi connectivity index (χ0) is 13.9. The molecule has 2 unspecified atom stereocenters. The van der Waals surface area contributed by atoms with Crippen molar-refractivity contribution in [2.24, 2.45) is 11.3 Å². The van der Waals surface area contributed by atoms with Gasteiger partial charge in [0.15, 0.2) is 0 Å². The Morgan fingerprint density at radius 1 is 1.21 bits per heavy atom. The van der Waals surface area contributed by atoms with E-state index in [0.29, 0.717) is 5.41 Å². The molecule has 0 radical (unpaired) electrons. The minimum atomic E-state index is 0.447. The van der Waals surface area contributed by atoms with Crippen molar-refractivity contribution in [1.82, 2.24) is 15.1 Å². The molecule has 2 fully saturated rings. The van der Waals surface area contributed by atoms with Gasteiger partial charge in [-0.15, -0.1) is 0 Å². The molecule has 19 heavy (non-hydrogen) atoms. The molecule has 3 heteroatoms. The summed E-state index contributed by atoms with van der Waals surface area (Å²) in [5, 5.41) is 3.58. The van der Waals surface area contributed by atoms with Crippen LogP contribution in [-0.2, 0) is 0 Å². The molecule has 2 heterocycles. The molecule has 0 spiro atoms. The van der Waals surface area contributed by atoms with E-state index in [1.54, 1.807) is 0 Å². The van der Waals surface area contributed by atoms with Crippen molar-refractivity contribution in [2.45, 2.75) is 45.6 Å². The summed E-state index contributed by atoms with van der Waals surface area (Å²) in [6.07, 6.45) is 5.54. The average molecular weight is 267 g/mol. The first-order chi connectivity index (χ1) is 8.99. The zero-order valence-electron chi connectivity index (χ0n) is 13.4. The molecule has 0 amide bonds. The Balaban J connectivity index is 1.90. The van der Waals surface area contributed by atoms with Gasteiger partial charge in [-0.05, 0) is 70.7 Å². The van der Waals surface area contributed by atoms with Gasteiger partial charge >= 0.3 is 0 Å². The summed E-state index contributed by atoms with van der Waals surface area (Å²) in [6, 6.07) is 0.783. The van der Waals surface area contributed by atoms with Crippen LogP contribution in [0.15, 0.2) is 0 Å². The van der Waals surface area contributed by atoms with Gasteiger partial charge in [-0.3, -0.25) is 4.90 Å². The summed E-state index contributed by atoms with van der Waals surface area (Å²) < 4.78 is 0. The van der Waals surface area contributed by atoms with Crippen LogP contribution >= 0.6 is 0 Å². The standard InChI is InChI=1S/C16H33N3/c1-16(2,14-7-5-9-17-11-14)13-19-10-6-8-15(19)12-18(3)4/h14-15,17H,5-13H2,1-4H3. The van der Waals surface area contributed by atoms with Crippen molar-refractivity contribution in [1.29, 1.82) is 0 Å². The highest BCUT2D eigenvalue weighted by molar-refractivity contribution is 4.90. The van der Waals surface area contributed by atoms with Crippen LogP contribution in [0.3, 0.4) is 0 Å². The highest BCUT2D eigenvalue weighted by Crippen LogP contribution is 2.34. The van der Waals surface area contributed by atoms with Gasteiger partial charge in [0.1, 0.15) is 0 Å². The van der Waals surface area contributed by atoms with E-state index in [4.69, 9.17) is 0 Å². The summed E-state index contributed by atoms with van der Waals surface area (Å²) in [5.41, 5.74) is 0.447. The molecule has 112 valence electrons.